The number of carbonyl (C=O) groups is 1. The maximum atomic E-state index is 15.1. The summed E-state index contributed by atoms with van der Waals surface area (Å²) in [5, 5.41) is 14.4. The lowest BCUT2D eigenvalue weighted by atomic mass is 10.2. The maximum Gasteiger partial charge on any atom is 0.283 e. The molecule has 1 saturated heterocycles. The van der Waals surface area contributed by atoms with E-state index in [-0.39, 0.29) is 46.6 Å². The first kappa shape index (κ1) is 26.8. The van der Waals surface area contributed by atoms with Crippen molar-refractivity contribution >= 4 is 40.1 Å². The number of benzene rings is 1. The van der Waals surface area contributed by atoms with Gasteiger partial charge in [0.2, 0.25) is 11.9 Å². The highest BCUT2D eigenvalue weighted by atomic mass is 19.2. The monoisotopic (exact) mass is 549 g/mol. The lowest BCUT2D eigenvalue weighted by molar-refractivity contribution is -0.111. The lowest BCUT2D eigenvalue weighted by Crippen LogP contribution is -2.47. The highest BCUT2D eigenvalue weighted by Crippen LogP contribution is 2.29. The number of aliphatic hydroxyl groups excluding tert-OH is 1. The number of amides is 1. The summed E-state index contributed by atoms with van der Waals surface area (Å²) in [6.45, 7) is 6.23. The van der Waals surface area contributed by atoms with Crippen molar-refractivity contribution in [2.24, 2.45) is 0 Å². The van der Waals surface area contributed by atoms with Gasteiger partial charge in [0.15, 0.2) is 17.3 Å². The standard InChI is InChI=1S/C26H25F2N9O3/c1-2-21(39)33-19-4-3-5-20(32-19)37-15-30-25(40)16-14-29-26(34-24(16)37)31-17-6-7-18(23(28)22(17)27)36-10-8-35(9-11-36)12-13-38/h2-7,14-15,38H,1,8-13H2,(H,29,31,34)(H,32,33,39). The summed E-state index contributed by atoms with van der Waals surface area (Å²) in [5.41, 5.74) is -0.528. The lowest BCUT2D eigenvalue weighted by Gasteiger charge is -2.36. The van der Waals surface area contributed by atoms with Gasteiger partial charge in [0.25, 0.3) is 5.56 Å². The van der Waals surface area contributed by atoms with Crippen LogP contribution in [0.4, 0.5) is 31.9 Å². The van der Waals surface area contributed by atoms with Crippen LogP contribution in [0, 0.1) is 11.6 Å². The van der Waals surface area contributed by atoms with E-state index in [0.29, 0.717) is 32.7 Å². The van der Waals surface area contributed by atoms with Crippen LogP contribution in [0.2, 0.25) is 0 Å². The predicted octanol–water partition coefficient (Wildman–Crippen LogP) is 1.83. The van der Waals surface area contributed by atoms with Gasteiger partial charge in [-0.1, -0.05) is 12.6 Å². The molecule has 4 heterocycles. The second kappa shape index (κ2) is 11.5. The van der Waals surface area contributed by atoms with Crippen LogP contribution < -0.4 is 21.1 Å². The predicted molar refractivity (Wildman–Crippen MR) is 145 cm³/mol. The number of halogens is 2. The van der Waals surface area contributed by atoms with Gasteiger partial charge in [-0.15, -0.1) is 0 Å². The largest absolute Gasteiger partial charge is 0.395 e. The first-order valence-electron chi connectivity index (χ1n) is 12.4. The van der Waals surface area contributed by atoms with Crippen molar-refractivity contribution in [2.75, 3.05) is 54.9 Å². The molecule has 1 aliphatic rings. The molecule has 206 valence electrons. The van der Waals surface area contributed by atoms with E-state index in [1.54, 1.807) is 23.1 Å². The molecular weight excluding hydrogens is 524 g/mol. The van der Waals surface area contributed by atoms with Crippen LogP contribution in [0.15, 0.2) is 60.3 Å². The number of rotatable bonds is 8. The van der Waals surface area contributed by atoms with Gasteiger partial charge in [-0.05, 0) is 30.3 Å². The van der Waals surface area contributed by atoms with Gasteiger partial charge in [-0.3, -0.25) is 19.1 Å². The van der Waals surface area contributed by atoms with Crippen LogP contribution in [0.5, 0.6) is 0 Å². The molecule has 0 unspecified atom stereocenters. The molecule has 0 spiro atoms. The van der Waals surface area contributed by atoms with Crippen molar-refractivity contribution in [3.8, 4) is 5.82 Å². The van der Waals surface area contributed by atoms with Gasteiger partial charge >= 0.3 is 0 Å². The molecule has 40 heavy (non-hydrogen) atoms. The average Bonchev–Trinajstić information content (AvgIpc) is 2.96. The third kappa shape index (κ3) is 5.48. The number of β-amino-alcohol motifs (C(OH)–C–C–N with tert-alkyl or cyclic N) is 1. The Morgan fingerprint density at radius 3 is 2.62 bits per heavy atom. The highest BCUT2D eigenvalue weighted by Gasteiger charge is 2.23. The Morgan fingerprint density at radius 2 is 1.88 bits per heavy atom. The fraction of sp³-hybridized carbons (Fsp3) is 0.231. The summed E-state index contributed by atoms with van der Waals surface area (Å²) in [6, 6.07) is 7.70. The number of pyridine rings is 1. The molecule has 1 aliphatic heterocycles. The summed E-state index contributed by atoms with van der Waals surface area (Å²) in [4.78, 5) is 44.5. The SMILES string of the molecule is C=CC(=O)Nc1cccc(-n2cnc(=O)c3cnc(Nc4ccc(N5CCN(CCO)CC5)c(F)c4F)nc32)n1. The van der Waals surface area contributed by atoms with E-state index in [9.17, 15) is 9.59 Å². The fourth-order valence-electron chi connectivity index (χ4n) is 4.33. The molecular formula is C26H25F2N9O3. The molecule has 1 amide bonds. The number of aromatic nitrogens is 5. The molecule has 0 aliphatic carbocycles. The van der Waals surface area contributed by atoms with E-state index in [0.717, 1.165) is 6.08 Å². The van der Waals surface area contributed by atoms with Gasteiger partial charge in [0.1, 0.15) is 23.3 Å². The number of piperazine rings is 1. The Hall–Kier alpha value is -4.82. The zero-order valence-corrected chi connectivity index (χ0v) is 21.2. The highest BCUT2D eigenvalue weighted by molar-refractivity contribution is 5.98. The van der Waals surface area contributed by atoms with Crippen molar-refractivity contribution in [1.29, 1.82) is 0 Å². The number of aliphatic hydroxyl groups is 1. The van der Waals surface area contributed by atoms with E-state index in [1.807, 2.05) is 0 Å². The third-order valence-electron chi connectivity index (χ3n) is 6.37. The minimum Gasteiger partial charge on any atom is -0.395 e. The second-order valence-electron chi connectivity index (χ2n) is 8.86. The average molecular weight is 550 g/mol. The molecule has 1 fully saturated rings. The first-order valence-corrected chi connectivity index (χ1v) is 12.4. The van der Waals surface area contributed by atoms with Crippen LogP contribution in [0.3, 0.4) is 0 Å². The van der Waals surface area contributed by atoms with Crippen molar-refractivity contribution in [1.82, 2.24) is 29.4 Å². The number of hydrogen-bond acceptors (Lipinski definition) is 10. The zero-order valence-electron chi connectivity index (χ0n) is 21.2. The normalized spacial score (nSPS) is 13.8. The first-order chi connectivity index (χ1) is 19.4. The number of hydrogen-bond donors (Lipinski definition) is 3. The third-order valence-corrected chi connectivity index (χ3v) is 6.37. The fourth-order valence-corrected chi connectivity index (χ4v) is 4.33. The molecule has 0 radical (unpaired) electrons. The molecule has 3 N–H and O–H groups in total. The Balaban J connectivity index is 1.44. The summed E-state index contributed by atoms with van der Waals surface area (Å²) < 4.78 is 31.6. The maximum absolute atomic E-state index is 15.1. The minimum absolute atomic E-state index is 0.0453. The number of nitrogens with one attached hydrogen (secondary N) is 2. The van der Waals surface area contributed by atoms with E-state index in [4.69, 9.17) is 5.11 Å². The Morgan fingerprint density at radius 1 is 1.07 bits per heavy atom. The van der Waals surface area contributed by atoms with Crippen molar-refractivity contribution in [2.45, 2.75) is 0 Å². The van der Waals surface area contributed by atoms with Crippen LogP contribution in [0.25, 0.3) is 16.9 Å². The number of fused-ring (bicyclic) bond motifs is 1. The van der Waals surface area contributed by atoms with Crippen molar-refractivity contribution in [3.05, 3.63) is 77.5 Å². The molecule has 5 rings (SSSR count). The van der Waals surface area contributed by atoms with E-state index in [1.165, 1.54) is 29.2 Å². The number of nitrogens with zero attached hydrogens (tertiary/aromatic N) is 7. The molecule has 3 aromatic heterocycles. The molecule has 14 heteroatoms. The molecule has 0 bridgehead atoms. The van der Waals surface area contributed by atoms with Crippen molar-refractivity contribution in [3.63, 3.8) is 0 Å². The summed E-state index contributed by atoms with van der Waals surface area (Å²) in [7, 11) is 0. The summed E-state index contributed by atoms with van der Waals surface area (Å²) in [5.74, 6) is -2.14. The molecule has 4 aromatic rings. The van der Waals surface area contributed by atoms with E-state index in [2.05, 4.69) is 42.0 Å². The zero-order chi connectivity index (χ0) is 28.2. The van der Waals surface area contributed by atoms with Crippen LogP contribution in [-0.2, 0) is 4.79 Å². The van der Waals surface area contributed by atoms with Gasteiger partial charge in [-0.2, -0.15) is 9.97 Å². The van der Waals surface area contributed by atoms with Crippen LogP contribution in [0.1, 0.15) is 0 Å². The molecule has 0 atom stereocenters. The molecule has 0 saturated carbocycles. The van der Waals surface area contributed by atoms with Crippen molar-refractivity contribution < 1.29 is 18.7 Å². The van der Waals surface area contributed by atoms with Gasteiger partial charge in [-0.25, -0.2) is 18.7 Å². The van der Waals surface area contributed by atoms with Crippen LogP contribution in [-0.4, -0.2) is 79.7 Å². The van der Waals surface area contributed by atoms with Crippen LogP contribution >= 0.6 is 0 Å². The minimum atomic E-state index is -1.10. The number of carbonyl (C=O) groups excluding carboxylic acids is 1. The molecule has 12 nitrogen and oxygen atoms in total. The second-order valence-corrected chi connectivity index (χ2v) is 8.86. The Bertz CT molecular complexity index is 1640. The Labute approximate surface area is 226 Å². The number of anilines is 4. The van der Waals surface area contributed by atoms with E-state index >= 15 is 8.78 Å². The van der Waals surface area contributed by atoms with Gasteiger partial charge < -0.3 is 20.6 Å². The molecule has 1 aromatic carbocycles. The topological polar surface area (TPSA) is 141 Å². The Kier molecular flexibility index (Phi) is 7.70. The smallest absolute Gasteiger partial charge is 0.283 e. The van der Waals surface area contributed by atoms with Gasteiger partial charge in [0.05, 0.1) is 18.0 Å². The van der Waals surface area contributed by atoms with E-state index < -0.39 is 23.1 Å². The summed E-state index contributed by atoms with van der Waals surface area (Å²) >= 11 is 0. The summed E-state index contributed by atoms with van der Waals surface area (Å²) in [6.07, 6.45) is 3.55. The quantitative estimate of drug-likeness (QED) is 0.279. The van der Waals surface area contributed by atoms with Gasteiger partial charge in [0, 0.05) is 38.9 Å².